The monoisotopic (exact) mass is 608 g/mol. The third-order valence-corrected chi connectivity index (χ3v) is 7.98. The highest BCUT2D eigenvalue weighted by Gasteiger charge is 2.33. The molecule has 0 aliphatic carbocycles. The van der Waals surface area contributed by atoms with Gasteiger partial charge in [-0.25, -0.2) is 9.79 Å². The standard InChI is InChI=1S/C31H26Cl2N2O5S/c1-4-39-30(37)27-18(2)34-31-35(28(27)21-8-12-23(33)13-9-21)29(36)26(41-31)16-20-7-14-24(25(15-20)38-3)40-17-19-5-10-22(32)11-6-19/h5-16,28H,4,17H2,1-3H3/b26-16-/t28-/m0/s1. The Balaban J connectivity index is 1.53. The highest BCUT2D eigenvalue weighted by Crippen LogP contribution is 2.32. The number of nitrogens with zero attached hydrogens (tertiary/aromatic N) is 2. The van der Waals surface area contributed by atoms with Gasteiger partial charge in [0, 0.05) is 10.0 Å². The van der Waals surface area contributed by atoms with Gasteiger partial charge in [-0.05, 0) is 73.0 Å². The number of carbonyl (C=O) groups excluding carboxylic acids is 1. The molecule has 0 unspecified atom stereocenters. The van der Waals surface area contributed by atoms with E-state index < -0.39 is 12.0 Å². The topological polar surface area (TPSA) is 79.1 Å². The van der Waals surface area contributed by atoms with E-state index in [4.69, 9.17) is 37.4 Å². The van der Waals surface area contributed by atoms with Gasteiger partial charge in [0.2, 0.25) is 0 Å². The number of halogens is 2. The van der Waals surface area contributed by atoms with Gasteiger partial charge in [0.05, 0.1) is 35.6 Å². The molecule has 3 aromatic carbocycles. The number of hydrogen-bond donors (Lipinski definition) is 0. The zero-order chi connectivity index (χ0) is 29.1. The van der Waals surface area contributed by atoms with Crippen molar-refractivity contribution in [2.75, 3.05) is 13.7 Å². The second-order valence-electron chi connectivity index (χ2n) is 9.18. The van der Waals surface area contributed by atoms with Crippen LogP contribution in [-0.4, -0.2) is 24.3 Å². The Morgan fingerprint density at radius 2 is 1.71 bits per heavy atom. The molecule has 7 nitrogen and oxygen atoms in total. The van der Waals surface area contributed by atoms with Crippen LogP contribution < -0.4 is 24.4 Å². The summed E-state index contributed by atoms with van der Waals surface area (Å²) in [5.41, 5.74) is 2.98. The van der Waals surface area contributed by atoms with Crippen molar-refractivity contribution in [3.05, 3.63) is 124 Å². The van der Waals surface area contributed by atoms with E-state index in [1.165, 1.54) is 11.3 Å². The molecule has 0 saturated heterocycles. The van der Waals surface area contributed by atoms with E-state index in [2.05, 4.69) is 4.99 Å². The zero-order valence-electron chi connectivity index (χ0n) is 22.5. The molecule has 4 aromatic rings. The minimum absolute atomic E-state index is 0.203. The molecule has 0 saturated carbocycles. The van der Waals surface area contributed by atoms with E-state index in [-0.39, 0.29) is 12.2 Å². The summed E-state index contributed by atoms with van der Waals surface area (Å²) in [4.78, 5) is 31.9. The summed E-state index contributed by atoms with van der Waals surface area (Å²) < 4.78 is 18.9. The molecule has 1 aliphatic rings. The molecule has 10 heteroatoms. The van der Waals surface area contributed by atoms with E-state index in [1.807, 2.05) is 30.3 Å². The SMILES string of the molecule is CCOC(=O)C1=C(C)N=c2s/c(=C\c3ccc(OCc4ccc(Cl)cc4)c(OC)c3)c(=O)n2[C@H]1c1ccc(Cl)cc1. The number of allylic oxidation sites excluding steroid dienone is 1. The van der Waals surface area contributed by atoms with Gasteiger partial charge >= 0.3 is 5.97 Å². The summed E-state index contributed by atoms with van der Waals surface area (Å²) >= 11 is 13.3. The maximum atomic E-state index is 13.8. The van der Waals surface area contributed by atoms with Crippen molar-refractivity contribution >= 4 is 46.6 Å². The van der Waals surface area contributed by atoms with E-state index in [9.17, 15) is 9.59 Å². The summed E-state index contributed by atoms with van der Waals surface area (Å²) in [6.45, 7) is 4.04. The zero-order valence-corrected chi connectivity index (χ0v) is 24.8. The minimum Gasteiger partial charge on any atom is -0.493 e. The summed E-state index contributed by atoms with van der Waals surface area (Å²) in [5, 5.41) is 1.21. The van der Waals surface area contributed by atoms with Crippen LogP contribution in [0.4, 0.5) is 0 Å². The van der Waals surface area contributed by atoms with Gasteiger partial charge in [0.15, 0.2) is 16.3 Å². The van der Waals surface area contributed by atoms with Crippen LogP contribution in [0.3, 0.4) is 0 Å². The highest BCUT2D eigenvalue weighted by atomic mass is 35.5. The van der Waals surface area contributed by atoms with Crippen LogP contribution in [0.5, 0.6) is 11.5 Å². The highest BCUT2D eigenvalue weighted by molar-refractivity contribution is 7.07. The van der Waals surface area contributed by atoms with Crippen molar-refractivity contribution in [1.29, 1.82) is 0 Å². The molecule has 41 heavy (non-hydrogen) atoms. The second kappa shape index (κ2) is 12.3. The molecule has 210 valence electrons. The molecular formula is C31H26Cl2N2O5S. The maximum absolute atomic E-state index is 13.8. The van der Waals surface area contributed by atoms with E-state index in [0.29, 0.717) is 48.8 Å². The smallest absolute Gasteiger partial charge is 0.338 e. The summed E-state index contributed by atoms with van der Waals surface area (Å²) in [7, 11) is 1.56. The number of methoxy groups -OCH3 is 1. The van der Waals surface area contributed by atoms with Crippen LogP contribution in [0.15, 0.2) is 87.8 Å². The number of rotatable bonds is 8. The lowest BCUT2D eigenvalue weighted by atomic mass is 9.96. The fourth-order valence-corrected chi connectivity index (χ4v) is 5.84. The van der Waals surface area contributed by atoms with Gasteiger partial charge in [-0.2, -0.15) is 0 Å². The van der Waals surface area contributed by atoms with Crippen LogP contribution in [0.1, 0.15) is 36.6 Å². The molecule has 0 radical (unpaired) electrons. The molecular weight excluding hydrogens is 583 g/mol. The van der Waals surface area contributed by atoms with Crippen molar-refractivity contribution in [1.82, 2.24) is 4.57 Å². The predicted molar refractivity (Wildman–Crippen MR) is 161 cm³/mol. The average Bonchev–Trinajstić information content (AvgIpc) is 3.26. The number of ether oxygens (including phenoxy) is 3. The quantitative estimate of drug-likeness (QED) is 0.240. The van der Waals surface area contributed by atoms with Crippen LogP contribution in [0, 0.1) is 0 Å². The first kappa shape index (κ1) is 28.7. The lowest BCUT2D eigenvalue weighted by molar-refractivity contribution is -0.139. The molecule has 1 aliphatic heterocycles. The Morgan fingerprint density at radius 1 is 1.02 bits per heavy atom. The van der Waals surface area contributed by atoms with Gasteiger partial charge < -0.3 is 14.2 Å². The fourth-order valence-electron chi connectivity index (χ4n) is 4.54. The van der Waals surface area contributed by atoms with Gasteiger partial charge in [0.1, 0.15) is 6.61 Å². The van der Waals surface area contributed by atoms with Gasteiger partial charge in [-0.3, -0.25) is 9.36 Å². The molecule has 0 fully saturated rings. The van der Waals surface area contributed by atoms with Crippen molar-refractivity contribution in [3.63, 3.8) is 0 Å². The third kappa shape index (κ3) is 6.10. The number of esters is 1. The molecule has 1 atom stereocenters. The molecule has 0 amide bonds. The second-order valence-corrected chi connectivity index (χ2v) is 11.1. The lowest BCUT2D eigenvalue weighted by Crippen LogP contribution is -2.39. The number of thiazole rings is 1. The Labute approximate surface area is 250 Å². The Kier molecular flexibility index (Phi) is 8.63. The molecule has 0 bridgehead atoms. The van der Waals surface area contributed by atoms with E-state index in [1.54, 1.807) is 68.0 Å². The molecule has 1 aromatic heterocycles. The predicted octanol–water partition coefficient (Wildman–Crippen LogP) is 5.69. The Morgan fingerprint density at radius 3 is 2.37 bits per heavy atom. The first-order chi connectivity index (χ1) is 19.8. The number of carbonyl (C=O) groups is 1. The van der Waals surface area contributed by atoms with E-state index >= 15 is 0 Å². The molecule has 2 heterocycles. The number of aromatic nitrogens is 1. The van der Waals surface area contributed by atoms with Crippen LogP contribution in [0.2, 0.25) is 10.0 Å². The van der Waals surface area contributed by atoms with Crippen molar-refractivity contribution in [3.8, 4) is 11.5 Å². The Hall–Kier alpha value is -3.85. The van der Waals surface area contributed by atoms with Gasteiger partial charge in [0.25, 0.3) is 5.56 Å². The van der Waals surface area contributed by atoms with E-state index in [0.717, 1.165) is 16.7 Å². The molecule has 0 N–H and O–H groups in total. The first-order valence-electron chi connectivity index (χ1n) is 12.8. The maximum Gasteiger partial charge on any atom is 0.338 e. The summed E-state index contributed by atoms with van der Waals surface area (Å²) in [6.07, 6.45) is 1.78. The largest absolute Gasteiger partial charge is 0.493 e. The lowest BCUT2D eigenvalue weighted by Gasteiger charge is -2.24. The normalized spacial score (nSPS) is 14.9. The third-order valence-electron chi connectivity index (χ3n) is 6.50. The Bertz CT molecular complexity index is 1810. The summed E-state index contributed by atoms with van der Waals surface area (Å²) in [6, 6.07) is 19.2. The van der Waals surface area contributed by atoms with Crippen LogP contribution >= 0.6 is 34.5 Å². The average molecular weight is 610 g/mol. The van der Waals surface area contributed by atoms with Crippen molar-refractivity contribution in [2.45, 2.75) is 26.5 Å². The first-order valence-corrected chi connectivity index (χ1v) is 14.4. The molecule has 0 spiro atoms. The van der Waals surface area contributed by atoms with Crippen LogP contribution in [-0.2, 0) is 16.1 Å². The number of hydrogen-bond acceptors (Lipinski definition) is 7. The summed E-state index contributed by atoms with van der Waals surface area (Å²) in [5.74, 6) is 0.584. The van der Waals surface area contributed by atoms with Gasteiger partial charge in [-0.15, -0.1) is 0 Å². The fraction of sp³-hybridized carbons (Fsp3) is 0.194. The van der Waals surface area contributed by atoms with Crippen LogP contribution in [0.25, 0.3) is 6.08 Å². The minimum atomic E-state index is -0.706. The number of benzene rings is 3. The number of fused-ring (bicyclic) bond motifs is 1. The van der Waals surface area contributed by atoms with Crippen molar-refractivity contribution in [2.24, 2.45) is 4.99 Å². The van der Waals surface area contributed by atoms with Gasteiger partial charge in [-0.1, -0.05) is 64.9 Å². The van der Waals surface area contributed by atoms with Crippen molar-refractivity contribution < 1.29 is 19.0 Å². The molecule has 5 rings (SSSR count).